The molecule has 0 aromatic heterocycles. The van der Waals surface area contributed by atoms with E-state index in [0.29, 0.717) is 5.82 Å². The maximum Gasteiger partial charge on any atom is 0.0999 e. The molecular formula is C11H19N3. The summed E-state index contributed by atoms with van der Waals surface area (Å²) in [6.07, 6.45) is 5.57. The largest absolute Gasteiger partial charge is 0.385 e. The molecule has 3 heteroatoms. The first-order valence-electron chi connectivity index (χ1n) is 4.48. The Kier molecular flexibility index (Phi) is 5.37. The van der Waals surface area contributed by atoms with Crippen LogP contribution >= 0.6 is 0 Å². The van der Waals surface area contributed by atoms with E-state index in [1.165, 1.54) is 0 Å². The van der Waals surface area contributed by atoms with Crippen LogP contribution in [0.1, 0.15) is 13.8 Å². The van der Waals surface area contributed by atoms with E-state index in [4.69, 9.17) is 5.73 Å². The molecular weight excluding hydrogens is 174 g/mol. The van der Waals surface area contributed by atoms with Crippen LogP contribution in [0.15, 0.2) is 41.3 Å². The van der Waals surface area contributed by atoms with Crippen LogP contribution in [-0.4, -0.2) is 24.7 Å². The quantitative estimate of drug-likeness (QED) is 0.547. The Morgan fingerprint density at radius 2 is 2.00 bits per heavy atom. The molecule has 0 saturated heterocycles. The van der Waals surface area contributed by atoms with Crippen molar-refractivity contribution in [3.63, 3.8) is 0 Å². The van der Waals surface area contributed by atoms with Gasteiger partial charge in [-0.1, -0.05) is 12.7 Å². The van der Waals surface area contributed by atoms with Gasteiger partial charge in [-0.15, -0.1) is 0 Å². The van der Waals surface area contributed by atoms with E-state index in [9.17, 15) is 0 Å². The van der Waals surface area contributed by atoms with E-state index in [1.807, 2.05) is 51.1 Å². The Morgan fingerprint density at radius 3 is 2.43 bits per heavy atom. The highest BCUT2D eigenvalue weighted by molar-refractivity contribution is 5.94. The smallest absolute Gasteiger partial charge is 0.0999 e. The molecule has 0 aromatic rings. The first kappa shape index (κ1) is 12.5. The van der Waals surface area contributed by atoms with E-state index in [1.54, 1.807) is 0 Å². The lowest BCUT2D eigenvalue weighted by Crippen LogP contribution is -2.19. The fourth-order valence-electron chi connectivity index (χ4n) is 0.832. The predicted molar refractivity (Wildman–Crippen MR) is 63.0 cm³/mol. The molecule has 0 aliphatic carbocycles. The Bertz CT molecular complexity index is 283. The van der Waals surface area contributed by atoms with Crippen molar-refractivity contribution in [3.05, 3.63) is 36.3 Å². The highest BCUT2D eigenvalue weighted by Gasteiger charge is 1.93. The summed E-state index contributed by atoms with van der Waals surface area (Å²) in [5, 5.41) is 0. The highest BCUT2D eigenvalue weighted by Crippen LogP contribution is 1.98. The highest BCUT2D eigenvalue weighted by atomic mass is 15.1. The molecule has 0 aromatic carbocycles. The first-order valence-corrected chi connectivity index (χ1v) is 4.48. The molecule has 0 atom stereocenters. The van der Waals surface area contributed by atoms with Gasteiger partial charge in [0.2, 0.25) is 0 Å². The monoisotopic (exact) mass is 193 g/mol. The van der Waals surface area contributed by atoms with Gasteiger partial charge in [0, 0.05) is 19.8 Å². The number of nitrogens with two attached hydrogens (primary N) is 1. The second-order valence-electron chi connectivity index (χ2n) is 3.21. The Hall–Kier alpha value is -1.51. The molecule has 0 fully saturated rings. The fourth-order valence-corrected chi connectivity index (χ4v) is 0.832. The summed E-state index contributed by atoms with van der Waals surface area (Å²) in [5.41, 5.74) is 7.30. The van der Waals surface area contributed by atoms with Crippen molar-refractivity contribution in [2.24, 2.45) is 10.7 Å². The number of aliphatic imine (C=N–C) groups is 1. The minimum absolute atomic E-state index is 0.680. The minimum atomic E-state index is 0.680. The van der Waals surface area contributed by atoms with Crippen LogP contribution in [-0.2, 0) is 0 Å². The fraction of sp³-hybridized carbons (Fsp3) is 0.364. The van der Waals surface area contributed by atoms with E-state index in [-0.39, 0.29) is 0 Å². The molecule has 0 amide bonds. The Morgan fingerprint density at radius 1 is 1.43 bits per heavy atom. The minimum Gasteiger partial charge on any atom is -0.385 e. The third-order valence-electron chi connectivity index (χ3n) is 1.55. The maximum atomic E-state index is 5.73. The van der Waals surface area contributed by atoms with Crippen molar-refractivity contribution in [1.82, 2.24) is 4.90 Å². The normalized spacial score (nSPS) is 13.4. The van der Waals surface area contributed by atoms with Crippen LogP contribution in [0.25, 0.3) is 0 Å². The number of nitrogens with zero attached hydrogens (tertiary/aromatic N) is 2. The summed E-state index contributed by atoms with van der Waals surface area (Å²) in [4.78, 5) is 6.07. The van der Waals surface area contributed by atoms with Crippen LogP contribution in [0.5, 0.6) is 0 Å². The summed E-state index contributed by atoms with van der Waals surface area (Å²) in [6.45, 7) is 7.60. The standard InChI is InChI=1S/C11H19N3/c1-6-7-9(2)13-10(3)8-11(12)14(4)5/h6-8H,2,12H2,1,3-5H3/b7-6+,11-8+,13-10-. The lowest BCUT2D eigenvalue weighted by atomic mass is 10.3. The van der Waals surface area contributed by atoms with Crippen molar-refractivity contribution in [3.8, 4) is 0 Å². The number of hydrogen-bond donors (Lipinski definition) is 1. The van der Waals surface area contributed by atoms with Gasteiger partial charge in [0.25, 0.3) is 0 Å². The molecule has 78 valence electrons. The number of rotatable bonds is 4. The van der Waals surface area contributed by atoms with Crippen LogP contribution in [0, 0.1) is 0 Å². The zero-order chi connectivity index (χ0) is 11.1. The summed E-state index contributed by atoms with van der Waals surface area (Å²) in [6, 6.07) is 0. The Labute approximate surface area is 86.3 Å². The summed E-state index contributed by atoms with van der Waals surface area (Å²) in [5.74, 6) is 0.680. The third kappa shape index (κ3) is 5.19. The molecule has 0 saturated carbocycles. The molecule has 0 bridgehead atoms. The second kappa shape index (κ2) is 6.02. The van der Waals surface area contributed by atoms with E-state index in [2.05, 4.69) is 11.6 Å². The predicted octanol–water partition coefficient (Wildman–Crippen LogP) is 1.90. The zero-order valence-corrected chi connectivity index (χ0v) is 9.41. The molecule has 0 heterocycles. The van der Waals surface area contributed by atoms with Crippen LogP contribution in [0.4, 0.5) is 0 Å². The molecule has 0 aliphatic heterocycles. The maximum absolute atomic E-state index is 5.73. The lowest BCUT2D eigenvalue weighted by molar-refractivity contribution is 0.506. The van der Waals surface area contributed by atoms with Gasteiger partial charge in [-0.2, -0.15) is 0 Å². The first-order chi connectivity index (χ1) is 6.47. The molecule has 3 nitrogen and oxygen atoms in total. The molecule has 0 radical (unpaired) electrons. The van der Waals surface area contributed by atoms with Crippen molar-refractivity contribution in [2.75, 3.05) is 14.1 Å². The molecule has 0 rings (SSSR count). The van der Waals surface area contributed by atoms with Gasteiger partial charge in [0.1, 0.15) is 0 Å². The SMILES string of the molecule is C=C(/C=C/C)/N=C(C)\C=C(/N)N(C)C. The van der Waals surface area contributed by atoms with Crippen LogP contribution < -0.4 is 5.73 Å². The Balaban J connectivity index is 4.55. The topological polar surface area (TPSA) is 41.6 Å². The molecule has 0 unspecified atom stereocenters. The molecule has 2 N–H and O–H groups in total. The van der Waals surface area contributed by atoms with Gasteiger partial charge in [0.15, 0.2) is 0 Å². The van der Waals surface area contributed by atoms with Gasteiger partial charge in [-0.25, -0.2) is 0 Å². The van der Waals surface area contributed by atoms with Crippen molar-refractivity contribution >= 4 is 5.71 Å². The zero-order valence-electron chi connectivity index (χ0n) is 9.41. The van der Waals surface area contributed by atoms with Gasteiger partial charge >= 0.3 is 0 Å². The van der Waals surface area contributed by atoms with Gasteiger partial charge < -0.3 is 10.6 Å². The van der Waals surface area contributed by atoms with Crippen molar-refractivity contribution in [2.45, 2.75) is 13.8 Å². The molecule has 0 aliphatic rings. The van der Waals surface area contributed by atoms with Crippen molar-refractivity contribution in [1.29, 1.82) is 0 Å². The summed E-state index contributed by atoms with van der Waals surface area (Å²) in [7, 11) is 3.78. The van der Waals surface area contributed by atoms with Gasteiger partial charge in [-0.3, -0.25) is 4.99 Å². The third-order valence-corrected chi connectivity index (χ3v) is 1.55. The lowest BCUT2D eigenvalue weighted by Gasteiger charge is -2.11. The number of allylic oxidation sites excluding steroid dienone is 3. The van der Waals surface area contributed by atoms with Crippen LogP contribution in [0.3, 0.4) is 0 Å². The van der Waals surface area contributed by atoms with Gasteiger partial charge in [0.05, 0.1) is 11.5 Å². The van der Waals surface area contributed by atoms with E-state index < -0.39 is 0 Å². The summed E-state index contributed by atoms with van der Waals surface area (Å²) < 4.78 is 0. The van der Waals surface area contributed by atoms with E-state index >= 15 is 0 Å². The molecule has 0 spiro atoms. The second-order valence-corrected chi connectivity index (χ2v) is 3.21. The van der Waals surface area contributed by atoms with Crippen LogP contribution in [0.2, 0.25) is 0 Å². The average molecular weight is 193 g/mol. The van der Waals surface area contributed by atoms with E-state index in [0.717, 1.165) is 11.4 Å². The van der Waals surface area contributed by atoms with Crippen molar-refractivity contribution < 1.29 is 0 Å². The average Bonchev–Trinajstić information content (AvgIpc) is 2.03. The van der Waals surface area contributed by atoms with Gasteiger partial charge in [-0.05, 0) is 26.0 Å². The summed E-state index contributed by atoms with van der Waals surface area (Å²) >= 11 is 0. The number of hydrogen-bond acceptors (Lipinski definition) is 3. The molecule has 14 heavy (non-hydrogen) atoms.